The Kier molecular flexibility index (Phi) is 4.15. The molecule has 1 heterocycles. The second kappa shape index (κ2) is 5.21. The van der Waals surface area contributed by atoms with Crippen LogP contribution in [0.4, 0.5) is 5.82 Å². The summed E-state index contributed by atoms with van der Waals surface area (Å²) in [7, 11) is 1.33. The van der Waals surface area contributed by atoms with Gasteiger partial charge in [-0.25, -0.2) is 9.78 Å². The highest BCUT2D eigenvalue weighted by molar-refractivity contribution is 5.92. The molecule has 0 radical (unpaired) electrons. The molecule has 2 unspecified atom stereocenters. The Morgan fingerprint density at radius 1 is 1.53 bits per heavy atom. The van der Waals surface area contributed by atoms with E-state index in [0.29, 0.717) is 11.7 Å². The molecular weight excluding hydrogens is 218 g/mol. The van der Waals surface area contributed by atoms with E-state index < -0.39 is 5.97 Å². The minimum atomic E-state index is -0.485. The normalized spacial score (nSPS) is 14.4. The summed E-state index contributed by atoms with van der Waals surface area (Å²) in [6.45, 7) is 8.22. The molecule has 0 fully saturated rings. The van der Waals surface area contributed by atoms with Crippen molar-refractivity contribution in [3.8, 4) is 0 Å². The van der Waals surface area contributed by atoms with Gasteiger partial charge in [0.05, 0.1) is 7.11 Å². The van der Waals surface area contributed by atoms with Crippen molar-refractivity contribution in [2.24, 2.45) is 5.92 Å². The molecule has 0 saturated carbocycles. The second-order valence-electron chi connectivity index (χ2n) is 4.38. The monoisotopic (exact) mass is 239 g/mol. The van der Waals surface area contributed by atoms with E-state index in [4.69, 9.17) is 5.73 Å². The molecule has 0 amide bonds. The number of rotatable bonds is 4. The molecule has 0 aliphatic rings. The van der Waals surface area contributed by atoms with Gasteiger partial charge in [0, 0.05) is 6.04 Å². The molecule has 5 nitrogen and oxygen atoms in total. The largest absolute Gasteiger partial charge is 0.464 e. The van der Waals surface area contributed by atoms with E-state index >= 15 is 0 Å². The van der Waals surface area contributed by atoms with Crippen molar-refractivity contribution in [3.05, 3.63) is 11.5 Å². The highest BCUT2D eigenvalue weighted by Gasteiger charge is 2.23. The number of ether oxygens (including phenoxy) is 1. The van der Waals surface area contributed by atoms with E-state index in [-0.39, 0.29) is 11.7 Å². The summed E-state index contributed by atoms with van der Waals surface area (Å²) in [6, 6.07) is 0.214. The number of anilines is 1. The molecule has 1 aromatic heterocycles. The maximum atomic E-state index is 11.5. The van der Waals surface area contributed by atoms with Gasteiger partial charge in [-0.2, -0.15) is 0 Å². The highest BCUT2D eigenvalue weighted by Crippen LogP contribution is 2.27. The Balaban J connectivity index is 3.17. The predicted molar refractivity (Wildman–Crippen MR) is 66.9 cm³/mol. The average molecular weight is 239 g/mol. The number of carbonyl (C=O) groups is 1. The molecule has 5 heteroatoms. The molecule has 0 aromatic carbocycles. The Bertz CT molecular complexity index is 412. The summed E-state index contributed by atoms with van der Waals surface area (Å²) in [6.07, 6.45) is 1.05. The number of aromatic nitrogens is 2. The first-order valence-corrected chi connectivity index (χ1v) is 5.86. The number of imidazole rings is 1. The summed E-state index contributed by atoms with van der Waals surface area (Å²) in [5, 5.41) is 0. The number of nitrogen functional groups attached to an aromatic ring is 1. The van der Waals surface area contributed by atoms with Crippen LogP contribution in [0, 0.1) is 12.8 Å². The Morgan fingerprint density at radius 2 is 2.12 bits per heavy atom. The molecule has 1 aromatic rings. The van der Waals surface area contributed by atoms with Gasteiger partial charge >= 0.3 is 5.97 Å². The number of nitrogens with two attached hydrogens (primary N) is 1. The highest BCUT2D eigenvalue weighted by atomic mass is 16.5. The molecule has 17 heavy (non-hydrogen) atoms. The van der Waals surface area contributed by atoms with Crippen LogP contribution in [0.5, 0.6) is 0 Å². The van der Waals surface area contributed by atoms with Crippen LogP contribution in [0.15, 0.2) is 0 Å². The van der Waals surface area contributed by atoms with Gasteiger partial charge in [0.15, 0.2) is 5.69 Å². The second-order valence-corrected chi connectivity index (χ2v) is 4.38. The Morgan fingerprint density at radius 3 is 2.59 bits per heavy atom. The lowest BCUT2D eigenvalue weighted by molar-refractivity contribution is 0.0595. The molecule has 0 aliphatic carbocycles. The maximum Gasteiger partial charge on any atom is 0.360 e. The van der Waals surface area contributed by atoms with E-state index in [1.54, 1.807) is 0 Å². The van der Waals surface area contributed by atoms with Gasteiger partial charge in [-0.1, -0.05) is 20.3 Å². The summed E-state index contributed by atoms with van der Waals surface area (Å²) < 4.78 is 6.56. The number of hydrogen-bond acceptors (Lipinski definition) is 4. The van der Waals surface area contributed by atoms with Gasteiger partial charge in [-0.3, -0.25) is 0 Å². The van der Waals surface area contributed by atoms with Crippen molar-refractivity contribution in [3.63, 3.8) is 0 Å². The minimum absolute atomic E-state index is 0.208. The standard InChI is InChI=1S/C12H21N3O2/c1-6-7(2)8(3)15-9(4)14-10(11(15)13)12(16)17-5/h7-8H,6,13H2,1-5H3. The summed E-state index contributed by atoms with van der Waals surface area (Å²) in [5.74, 6) is 1.12. The third-order valence-corrected chi connectivity index (χ3v) is 3.38. The quantitative estimate of drug-likeness (QED) is 0.817. The zero-order valence-electron chi connectivity index (χ0n) is 11.2. The third kappa shape index (κ3) is 2.43. The van der Waals surface area contributed by atoms with Gasteiger partial charge in [-0.15, -0.1) is 0 Å². The average Bonchev–Trinajstić information content (AvgIpc) is 2.62. The lowest BCUT2D eigenvalue weighted by Crippen LogP contribution is -2.17. The molecular formula is C12H21N3O2. The van der Waals surface area contributed by atoms with Crippen molar-refractivity contribution in [1.82, 2.24) is 9.55 Å². The summed E-state index contributed by atoms with van der Waals surface area (Å²) in [5.41, 5.74) is 6.18. The first kappa shape index (κ1) is 13.5. The number of carbonyl (C=O) groups excluding carboxylic acids is 1. The van der Waals surface area contributed by atoms with Gasteiger partial charge in [0.1, 0.15) is 11.6 Å². The number of esters is 1. The van der Waals surface area contributed by atoms with E-state index in [2.05, 4.69) is 30.5 Å². The summed E-state index contributed by atoms with van der Waals surface area (Å²) >= 11 is 0. The van der Waals surface area contributed by atoms with Gasteiger partial charge in [-0.05, 0) is 19.8 Å². The molecule has 0 spiro atoms. The van der Waals surface area contributed by atoms with Crippen LogP contribution in [0.2, 0.25) is 0 Å². The molecule has 2 atom stereocenters. The number of methoxy groups -OCH3 is 1. The van der Waals surface area contributed by atoms with Crippen molar-refractivity contribution in [1.29, 1.82) is 0 Å². The lowest BCUT2D eigenvalue weighted by atomic mass is 10.0. The maximum absolute atomic E-state index is 11.5. The van der Waals surface area contributed by atoms with Crippen molar-refractivity contribution < 1.29 is 9.53 Å². The topological polar surface area (TPSA) is 70.1 Å². The molecule has 1 rings (SSSR count). The zero-order valence-corrected chi connectivity index (χ0v) is 11.2. The first-order valence-electron chi connectivity index (χ1n) is 5.86. The molecule has 2 N–H and O–H groups in total. The van der Waals surface area contributed by atoms with Crippen LogP contribution in [0.1, 0.15) is 49.5 Å². The number of hydrogen-bond donors (Lipinski definition) is 1. The van der Waals surface area contributed by atoms with Crippen LogP contribution in [-0.4, -0.2) is 22.6 Å². The van der Waals surface area contributed by atoms with E-state index in [1.165, 1.54) is 7.11 Å². The van der Waals surface area contributed by atoms with E-state index in [0.717, 1.165) is 12.2 Å². The molecule has 0 bridgehead atoms. The van der Waals surface area contributed by atoms with Crippen LogP contribution in [-0.2, 0) is 4.74 Å². The van der Waals surface area contributed by atoms with Gasteiger partial charge in [0.25, 0.3) is 0 Å². The smallest absolute Gasteiger partial charge is 0.360 e. The van der Waals surface area contributed by atoms with E-state index in [9.17, 15) is 4.79 Å². The molecule has 0 saturated heterocycles. The van der Waals surface area contributed by atoms with Crippen LogP contribution in [0.25, 0.3) is 0 Å². The van der Waals surface area contributed by atoms with E-state index in [1.807, 2.05) is 11.5 Å². The third-order valence-electron chi connectivity index (χ3n) is 3.38. The molecule has 0 aliphatic heterocycles. The lowest BCUT2D eigenvalue weighted by Gasteiger charge is -2.22. The fourth-order valence-corrected chi connectivity index (χ4v) is 1.92. The number of aryl methyl sites for hydroxylation is 1. The molecule has 96 valence electrons. The SMILES string of the molecule is CCC(C)C(C)n1c(C)nc(C(=O)OC)c1N. The Labute approximate surface area is 102 Å². The summed E-state index contributed by atoms with van der Waals surface area (Å²) in [4.78, 5) is 15.7. The fraction of sp³-hybridized carbons (Fsp3) is 0.667. The van der Waals surface area contributed by atoms with Crippen molar-refractivity contribution in [2.75, 3.05) is 12.8 Å². The van der Waals surface area contributed by atoms with Gasteiger partial charge < -0.3 is 15.0 Å². The van der Waals surface area contributed by atoms with Crippen molar-refractivity contribution in [2.45, 2.75) is 40.2 Å². The fourth-order valence-electron chi connectivity index (χ4n) is 1.92. The number of nitrogens with zero attached hydrogens (tertiary/aromatic N) is 2. The van der Waals surface area contributed by atoms with Crippen LogP contribution < -0.4 is 5.73 Å². The van der Waals surface area contributed by atoms with Gasteiger partial charge in [0.2, 0.25) is 0 Å². The van der Waals surface area contributed by atoms with Crippen molar-refractivity contribution >= 4 is 11.8 Å². The van der Waals surface area contributed by atoms with Crippen LogP contribution in [0.3, 0.4) is 0 Å². The minimum Gasteiger partial charge on any atom is -0.464 e. The zero-order chi connectivity index (χ0) is 13.2. The first-order chi connectivity index (χ1) is 7.93. The predicted octanol–water partition coefficient (Wildman–Crippen LogP) is 2.17. The van der Waals surface area contributed by atoms with Crippen LogP contribution >= 0.6 is 0 Å². The Hall–Kier alpha value is -1.52.